The summed E-state index contributed by atoms with van der Waals surface area (Å²) in [7, 11) is 0. The third kappa shape index (κ3) is 2.80. The quantitative estimate of drug-likeness (QED) is 0.858. The van der Waals surface area contributed by atoms with E-state index >= 15 is 0 Å². The molecule has 0 bridgehead atoms. The second-order valence-corrected chi connectivity index (χ2v) is 5.32. The van der Waals surface area contributed by atoms with Gasteiger partial charge in [0.05, 0.1) is 0 Å². The summed E-state index contributed by atoms with van der Waals surface area (Å²) in [6.07, 6.45) is -0.974. The Morgan fingerprint density at radius 1 is 1.05 bits per heavy atom. The number of benzene rings is 2. The maximum absolute atomic E-state index is 14.1. The van der Waals surface area contributed by atoms with E-state index in [4.69, 9.17) is 11.6 Å². The van der Waals surface area contributed by atoms with Gasteiger partial charge in [-0.05, 0) is 61.2 Å². The average Bonchev–Trinajstić information content (AvgIpc) is 2.26. The van der Waals surface area contributed by atoms with E-state index in [1.807, 2.05) is 19.9 Å². The van der Waals surface area contributed by atoms with Crippen LogP contribution >= 0.6 is 11.6 Å². The van der Waals surface area contributed by atoms with Gasteiger partial charge in [0.15, 0.2) is 0 Å². The summed E-state index contributed by atoms with van der Waals surface area (Å²) in [5.41, 5.74) is 3.45. The number of hydrogen-bond acceptors (Lipinski definition) is 1. The minimum absolute atomic E-state index is 0.330. The Bertz CT molecular complexity index is 599. The summed E-state index contributed by atoms with van der Waals surface area (Å²) in [4.78, 5) is 0. The molecule has 19 heavy (non-hydrogen) atoms. The summed E-state index contributed by atoms with van der Waals surface area (Å²) < 4.78 is 14.1. The molecule has 0 aliphatic heterocycles. The molecule has 0 spiro atoms. The highest BCUT2D eigenvalue weighted by molar-refractivity contribution is 6.30. The van der Waals surface area contributed by atoms with E-state index in [0.717, 1.165) is 16.7 Å². The zero-order valence-electron chi connectivity index (χ0n) is 11.2. The fourth-order valence-corrected chi connectivity index (χ4v) is 2.60. The van der Waals surface area contributed by atoms with Gasteiger partial charge in [0, 0.05) is 10.6 Å². The van der Waals surface area contributed by atoms with Gasteiger partial charge >= 0.3 is 0 Å². The topological polar surface area (TPSA) is 20.2 Å². The SMILES string of the molecule is Cc1cc(C)c(C(O)c2ccc(Cl)cc2C)c(F)c1. The van der Waals surface area contributed by atoms with E-state index in [2.05, 4.69) is 0 Å². The van der Waals surface area contributed by atoms with Gasteiger partial charge in [-0.3, -0.25) is 0 Å². The number of aliphatic hydroxyl groups excluding tert-OH is 1. The van der Waals surface area contributed by atoms with E-state index < -0.39 is 6.10 Å². The van der Waals surface area contributed by atoms with E-state index in [0.29, 0.717) is 16.1 Å². The molecule has 1 unspecified atom stereocenters. The van der Waals surface area contributed by atoms with Crippen molar-refractivity contribution < 1.29 is 9.50 Å². The Hall–Kier alpha value is -1.38. The summed E-state index contributed by atoms with van der Waals surface area (Å²) in [6, 6.07) is 8.51. The van der Waals surface area contributed by atoms with Crippen LogP contribution < -0.4 is 0 Å². The predicted molar refractivity (Wildman–Crippen MR) is 76.1 cm³/mol. The van der Waals surface area contributed by atoms with Crippen LogP contribution in [0.2, 0.25) is 5.02 Å². The normalized spacial score (nSPS) is 12.5. The largest absolute Gasteiger partial charge is 0.384 e. The Kier molecular flexibility index (Phi) is 3.93. The van der Waals surface area contributed by atoms with Gasteiger partial charge in [0.1, 0.15) is 11.9 Å². The molecule has 0 heterocycles. The Morgan fingerprint density at radius 3 is 2.32 bits per heavy atom. The molecule has 0 fully saturated rings. The van der Waals surface area contributed by atoms with Crippen molar-refractivity contribution in [3.8, 4) is 0 Å². The van der Waals surface area contributed by atoms with Crippen LogP contribution in [0.3, 0.4) is 0 Å². The molecule has 2 aromatic rings. The fraction of sp³-hybridized carbons (Fsp3) is 0.250. The Labute approximate surface area is 117 Å². The van der Waals surface area contributed by atoms with Crippen molar-refractivity contribution in [1.29, 1.82) is 0 Å². The minimum Gasteiger partial charge on any atom is -0.384 e. The molecule has 1 N–H and O–H groups in total. The maximum atomic E-state index is 14.1. The molecule has 1 atom stereocenters. The van der Waals surface area contributed by atoms with Crippen LogP contribution in [0.1, 0.15) is 33.9 Å². The fourth-order valence-electron chi connectivity index (χ4n) is 2.37. The standard InChI is InChI=1S/C16H16ClFO/c1-9-6-11(3)15(14(18)7-9)16(19)13-5-4-12(17)8-10(13)2/h4-8,16,19H,1-3H3. The summed E-state index contributed by atoms with van der Waals surface area (Å²) in [5.74, 6) is -0.376. The lowest BCUT2D eigenvalue weighted by Crippen LogP contribution is -2.07. The van der Waals surface area contributed by atoms with Crippen LogP contribution in [0.5, 0.6) is 0 Å². The highest BCUT2D eigenvalue weighted by Crippen LogP contribution is 2.31. The van der Waals surface area contributed by atoms with Crippen molar-refractivity contribution in [2.24, 2.45) is 0 Å². The van der Waals surface area contributed by atoms with Gasteiger partial charge in [-0.25, -0.2) is 4.39 Å². The number of aliphatic hydroxyl groups is 1. The molecule has 0 aliphatic rings. The highest BCUT2D eigenvalue weighted by atomic mass is 35.5. The molecule has 0 aliphatic carbocycles. The first-order chi connectivity index (χ1) is 8.90. The molecule has 3 heteroatoms. The molecular weight excluding hydrogens is 263 g/mol. The molecule has 2 rings (SSSR count). The van der Waals surface area contributed by atoms with E-state index in [1.54, 1.807) is 25.1 Å². The minimum atomic E-state index is -0.974. The Balaban J connectivity index is 2.53. The number of rotatable bonds is 2. The summed E-state index contributed by atoms with van der Waals surface area (Å²) in [5, 5.41) is 11.0. The lowest BCUT2D eigenvalue weighted by molar-refractivity contribution is 0.213. The van der Waals surface area contributed by atoms with E-state index in [9.17, 15) is 9.50 Å². The third-order valence-electron chi connectivity index (χ3n) is 3.28. The van der Waals surface area contributed by atoms with Gasteiger partial charge < -0.3 is 5.11 Å². The van der Waals surface area contributed by atoms with Crippen molar-refractivity contribution in [3.63, 3.8) is 0 Å². The van der Waals surface area contributed by atoms with Crippen LogP contribution in [0.15, 0.2) is 30.3 Å². The monoisotopic (exact) mass is 278 g/mol. The van der Waals surface area contributed by atoms with Gasteiger partial charge in [0.25, 0.3) is 0 Å². The van der Waals surface area contributed by atoms with Crippen LogP contribution in [0.25, 0.3) is 0 Å². The second-order valence-electron chi connectivity index (χ2n) is 4.88. The van der Waals surface area contributed by atoms with Gasteiger partial charge in [-0.2, -0.15) is 0 Å². The summed E-state index contributed by atoms with van der Waals surface area (Å²) in [6.45, 7) is 5.49. The van der Waals surface area contributed by atoms with Crippen LogP contribution in [-0.2, 0) is 0 Å². The average molecular weight is 279 g/mol. The Morgan fingerprint density at radius 2 is 1.74 bits per heavy atom. The highest BCUT2D eigenvalue weighted by Gasteiger charge is 2.19. The van der Waals surface area contributed by atoms with Crippen LogP contribution in [0.4, 0.5) is 4.39 Å². The van der Waals surface area contributed by atoms with Crippen molar-refractivity contribution in [2.45, 2.75) is 26.9 Å². The zero-order valence-corrected chi connectivity index (χ0v) is 11.9. The van der Waals surface area contributed by atoms with Gasteiger partial charge in [-0.1, -0.05) is 23.7 Å². The summed E-state index contributed by atoms with van der Waals surface area (Å²) >= 11 is 5.90. The van der Waals surface area contributed by atoms with Crippen molar-refractivity contribution in [2.75, 3.05) is 0 Å². The number of aryl methyl sites for hydroxylation is 3. The van der Waals surface area contributed by atoms with E-state index in [1.165, 1.54) is 6.07 Å². The molecule has 0 saturated carbocycles. The van der Waals surface area contributed by atoms with E-state index in [-0.39, 0.29) is 5.82 Å². The van der Waals surface area contributed by atoms with Crippen molar-refractivity contribution in [3.05, 3.63) is 69.0 Å². The molecular formula is C16H16ClFO. The third-order valence-corrected chi connectivity index (χ3v) is 3.52. The lowest BCUT2D eigenvalue weighted by Gasteiger charge is -2.18. The smallest absolute Gasteiger partial charge is 0.129 e. The predicted octanol–water partition coefficient (Wildman–Crippen LogP) is 4.49. The molecule has 1 nitrogen and oxygen atoms in total. The molecule has 2 aromatic carbocycles. The van der Waals surface area contributed by atoms with Gasteiger partial charge in [-0.15, -0.1) is 0 Å². The van der Waals surface area contributed by atoms with Crippen LogP contribution in [-0.4, -0.2) is 5.11 Å². The zero-order chi connectivity index (χ0) is 14.2. The second kappa shape index (κ2) is 5.32. The molecule has 0 amide bonds. The van der Waals surface area contributed by atoms with Crippen molar-refractivity contribution in [1.82, 2.24) is 0 Å². The number of halogens is 2. The van der Waals surface area contributed by atoms with Crippen molar-refractivity contribution >= 4 is 11.6 Å². The maximum Gasteiger partial charge on any atom is 0.129 e. The molecule has 100 valence electrons. The first-order valence-corrected chi connectivity index (χ1v) is 6.48. The number of hydrogen-bond donors (Lipinski definition) is 1. The first-order valence-electron chi connectivity index (χ1n) is 6.11. The lowest BCUT2D eigenvalue weighted by atomic mass is 9.93. The molecule has 0 aromatic heterocycles. The van der Waals surface area contributed by atoms with Crippen LogP contribution in [0, 0.1) is 26.6 Å². The van der Waals surface area contributed by atoms with Gasteiger partial charge in [0.2, 0.25) is 0 Å². The molecule has 0 radical (unpaired) electrons. The molecule has 0 saturated heterocycles. The first kappa shape index (κ1) is 14.0.